The number of hydrogen-bond donors (Lipinski definition) is 0. The molecule has 0 nitrogen and oxygen atoms in total. The van der Waals surface area contributed by atoms with Gasteiger partial charge in [-0.15, -0.1) is 0 Å². The fourth-order valence-electron chi connectivity index (χ4n) is 0. The van der Waals surface area contributed by atoms with Crippen molar-refractivity contribution in [2.45, 2.75) is 21.8 Å². The molecule has 0 saturated heterocycles. The first kappa shape index (κ1) is 60.3. The number of rotatable bonds is 0. The monoisotopic (exact) mass is 254 g/mol. The van der Waals surface area contributed by atoms with E-state index in [1.165, 1.54) is 0 Å². The van der Waals surface area contributed by atoms with Gasteiger partial charge in [-0.25, -0.2) is 0 Å². The van der Waals surface area contributed by atoms with Gasteiger partial charge in [0.25, 0.3) is 0 Å². The van der Waals surface area contributed by atoms with Crippen LogP contribution < -0.4 is 0 Å². The van der Waals surface area contributed by atoms with Gasteiger partial charge in [0, 0.05) is 65.4 Å². The molecule has 44 valence electrons. The first-order valence-electron chi connectivity index (χ1n) is 0.707. The molecule has 0 aromatic carbocycles. The molecule has 7 heavy (non-hydrogen) atoms. The Balaban J connectivity index is -0.000000000500. The van der Waals surface area contributed by atoms with Crippen LogP contribution >= 0.6 is 0 Å². The normalized spacial score (nSPS) is 0.857. The Bertz CT molecular complexity index is 6.04. The second-order valence-corrected chi connectivity index (χ2v) is 0. The van der Waals surface area contributed by atoms with Crippen LogP contribution in [-0.2, 0) is 65.4 Å². The van der Waals surface area contributed by atoms with E-state index in [-0.39, 0.29) is 87.7 Å². The van der Waals surface area contributed by atoms with Gasteiger partial charge < -0.3 is 14.4 Å². The second-order valence-electron chi connectivity index (χ2n) is 0. The summed E-state index contributed by atoms with van der Waals surface area (Å²) in [4.78, 5) is 0. The molecule has 0 atom stereocenters. The average molecular weight is 254 g/mol. The molecular weight excluding hydrogens is 238 g/mol. The first-order valence-corrected chi connectivity index (χ1v) is 0.707. The van der Waals surface area contributed by atoms with Crippen LogP contribution in [0.3, 0.4) is 0 Å². The van der Waals surface area contributed by atoms with Crippen LogP contribution in [0.5, 0.6) is 0 Å². The zero-order valence-electron chi connectivity index (χ0n) is 3.86. The Labute approximate surface area is 100.0 Å². The second kappa shape index (κ2) is 87.5. The minimum atomic E-state index is 0. The maximum absolute atomic E-state index is 3.25. The van der Waals surface area contributed by atoms with Crippen molar-refractivity contribution in [3.05, 3.63) is 14.4 Å². The maximum Gasteiger partial charge on any atom is 0 e. The zero-order valence-corrected chi connectivity index (χ0v) is 9.54. The molecule has 0 fully saturated rings. The minimum Gasteiger partial charge on any atom is -0.358 e. The van der Waals surface area contributed by atoms with Crippen molar-refractivity contribution in [2.24, 2.45) is 0 Å². The summed E-state index contributed by atoms with van der Waals surface area (Å²) in [5, 5.41) is 0. The Morgan fingerprint density at radius 1 is 0.857 bits per heavy atom. The van der Waals surface area contributed by atoms with E-state index < -0.39 is 0 Å². The minimum absolute atomic E-state index is 0. The molecule has 0 unspecified atom stereocenters. The molecule has 0 rings (SSSR count). The molecule has 2 heteroatoms. The molecule has 0 aromatic rings. The predicted molar refractivity (Wildman–Crippen MR) is 30.9 cm³/mol. The molecule has 0 spiro atoms. The van der Waals surface area contributed by atoms with E-state index in [0.29, 0.717) is 0 Å². The topological polar surface area (TPSA) is 0 Å². The van der Waals surface area contributed by atoms with E-state index in [1.54, 1.807) is 6.92 Å². The third kappa shape index (κ3) is 64.9. The van der Waals surface area contributed by atoms with Crippen LogP contribution in [0.2, 0.25) is 0 Å². The van der Waals surface area contributed by atoms with Gasteiger partial charge in [0.1, 0.15) is 0 Å². The van der Waals surface area contributed by atoms with E-state index in [4.69, 9.17) is 0 Å². The molecule has 0 heterocycles. The van der Waals surface area contributed by atoms with Crippen molar-refractivity contribution >= 4 is 0 Å². The van der Waals surface area contributed by atoms with Crippen molar-refractivity contribution in [3.63, 3.8) is 0 Å². The van der Waals surface area contributed by atoms with Gasteiger partial charge in [0.2, 0.25) is 0 Å². The summed E-state index contributed by atoms with van der Waals surface area (Å²) < 4.78 is 0. The molecule has 0 aliphatic rings. The summed E-state index contributed by atoms with van der Waals surface area (Å²) in [6, 6.07) is 0. The molecule has 0 bridgehead atoms. The van der Waals surface area contributed by atoms with E-state index in [9.17, 15) is 0 Å². The third-order valence-corrected chi connectivity index (χ3v) is 0. The van der Waals surface area contributed by atoms with Crippen molar-refractivity contribution < 1.29 is 65.4 Å². The van der Waals surface area contributed by atoms with Crippen LogP contribution in [0.15, 0.2) is 0 Å². The van der Waals surface area contributed by atoms with Gasteiger partial charge in [-0.05, 0) is 0 Å². The smallest absolute Gasteiger partial charge is 0 e. The Morgan fingerprint density at radius 3 is 0.857 bits per heavy atom. The molecule has 0 aliphatic carbocycles. The largest absolute Gasteiger partial charge is 0.358 e. The molecule has 2 radical (unpaired) electrons. The Hall–Kier alpha value is 2.21. The predicted octanol–water partition coefficient (Wildman–Crippen LogP) is 2.56. The summed E-state index contributed by atoms with van der Waals surface area (Å²) in [6.07, 6.45) is 0. The van der Waals surface area contributed by atoms with Crippen LogP contribution in [0.1, 0.15) is 21.8 Å². The fourth-order valence-corrected chi connectivity index (χ4v) is 0. The van der Waals surface area contributed by atoms with Crippen LogP contribution in [0.4, 0.5) is 0 Å². The van der Waals surface area contributed by atoms with Gasteiger partial charge in [-0.1, -0.05) is 14.9 Å². The molecule has 0 aromatic heterocycles. The standard InChI is InChI=1S/C2H5.2CH4.CH3.2Y/c1-2;;;;;/h1H2,2H3;2*1H4;1H3;;/q-1;;;-1;;. The molecule has 0 saturated carbocycles. The summed E-state index contributed by atoms with van der Waals surface area (Å²) >= 11 is 0. The molecule has 0 amide bonds. The van der Waals surface area contributed by atoms with Crippen LogP contribution in [-0.4, -0.2) is 0 Å². The summed E-state index contributed by atoms with van der Waals surface area (Å²) in [6.45, 7) is 5.00. The van der Waals surface area contributed by atoms with Gasteiger partial charge in [0.15, 0.2) is 0 Å². The van der Waals surface area contributed by atoms with Crippen LogP contribution in [0, 0.1) is 14.4 Å². The quantitative estimate of drug-likeness (QED) is 0.583. The SMILES string of the molecule is C.C.[CH2-]C.[CH3-].[Y].[Y]. The average Bonchev–Trinajstić information content (AvgIpc) is 1.00. The number of hydrogen-bond acceptors (Lipinski definition) is 0. The van der Waals surface area contributed by atoms with E-state index in [2.05, 4.69) is 6.92 Å². The van der Waals surface area contributed by atoms with Crippen molar-refractivity contribution in [1.29, 1.82) is 0 Å². The molecular formula is C5H16Y2-2. The van der Waals surface area contributed by atoms with Crippen molar-refractivity contribution in [3.8, 4) is 0 Å². The van der Waals surface area contributed by atoms with Gasteiger partial charge >= 0.3 is 0 Å². The molecule has 0 N–H and O–H groups in total. The fraction of sp³-hybridized carbons (Fsp3) is 0.600. The summed E-state index contributed by atoms with van der Waals surface area (Å²) in [7, 11) is 0. The van der Waals surface area contributed by atoms with Gasteiger partial charge in [0.05, 0.1) is 0 Å². The van der Waals surface area contributed by atoms with E-state index in [1.807, 2.05) is 0 Å². The third-order valence-electron chi connectivity index (χ3n) is 0. The zero-order chi connectivity index (χ0) is 2.00. The van der Waals surface area contributed by atoms with E-state index in [0.717, 1.165) is 0 Å². The summed E-state index contributed by atoms with van der Waals surface area (Å²) in [5.41, 5.74) is 0. The van der Waals surface area contributed by atoms with Crippen molar-refractivity contribution in [1.82, 2.24) is 0 Å². The van der Waals surface area contributed by atoms with Gasteiger partial charge in [-0.2, -0.15) is 6.92 Å². The van der Waals surface area contributed by atoms with E-state index >= 15 is 0 Å². The Kier molecular flexibility index (Phi) is 753. The van der Waals surface area contributed by atoms with Crippen LogP contribution in [0.25, 0.3) is 0 Å². The molecule has 0 aliphatic heterocycles. The summed E-state index contributed by atoms with van der Waals surface area (Å²) in [5.74, 6) is 0. The van der Waals surface area contributed by atoms with Crippen molar-refractivity contribution in [2.75, 3.05) is 0 Å². The first-order chi connectivity index (χ1) is 1.00. The maximum atomic E-state index is 3.25. The Morgan fingerprint density at radius 2 is 0.857 bits per heavy atom. The van der Waals surface area contributed by atoms with Gasteiger partial charge in [-0.3, -0.25) is 0 Å².